The fraction of sp³-hybridized carbons (Fsp3) is 0.613. The minimum Gasteiger partial charge on any atom is -0.383 e. The van der Waals surface area contributed by atoms with Crippen LogP contribution in [-0.4, -0.2) is 65.6 Å². The molecule has 5 aliphatic rings. The number of amides is 1. The van der Waals surface area contributed by atoms with Crippen molar-refractivity contribution in [3.8, 4) is 0 Å². The SMILES string of the molecule is C[C@]12C[C@H](c3ccc(C(=O)N4CCNCC4)cc3)C3=C4CCC(=O)C=C4CC[C@H]3[C@@H]1CC[C@@]2(O)C(F)(F)C(F)(F)F. The molecule has 1 saturated heterocycles. The number of allylic oxidation sites excluding steroid dienone is 4. The summed E-state index contributed by atoms with van der Waals surface area (Å²) in [7, 11) is 0. The molecule has 2 saturated carbocycles. The topological polar surface area (TPSA) is 69.6 Å². The molecular weight excluding hydrogens is 543 g/mol. The zero-order chi connectivity index (χ0) is 29.4. The number of aliphatic hydroxyl groups is 1. The molecule has 0 radical (unpaired) electrons. The average molecular weight is 579 g/mol. The third kappa shape index (κ3) is 4.22. The Labute approximate surface area is 235 Å². The van der Waals surface area contributed by atoms with E-state index in [1.54, 1.807) is 35.2 Å². The van der Waals surface area contributed by atoms with Gasteiger partial charge in [-0.2, -0.15) is 22.0 Å². The van der Waals surface area contributed by atoms with Gasteiger partial charge in [-0.15, -0.1) is 0 Å². The quantitative estimate of drug-likeness (QED) is 0.461. The number of nitrogens with one attached hydrogen (secondary N) is 1. The fourth-order valence-corrected chi connectivity index (χ4v) is 8.62. The van der Waals surface area contributed by atoms with Crippen molar-refractivity contribution in [1.29, 1.82) is 0 Å². The Morgan fingerprint density at radius 1 is 1.02 bits per heavy atom. The molecule has 0 unspecified atom stereocenters. The number of fused-ring (bicyclic) bond motifs is 4. The second-order valence-electron chi connectivity index (χ2n) is 12.6. The number of ketones is 1. The molecule has 1 aromatic rings. The van der Waals surface area contributed by atoms with Crippen LogP contribution in [0, 0.1) is 17.3 Å². The van der Waals surface area contributed by atoms with Crippen LogP contribution in [0.5, 0.6) is 0 Å². The number of hydrogen-bond acceptors (Lipinski definition) is 4. The summed E-state index contributed by atoms with van der Waals surface area (Å²) in [6.45, 7) is 3.99. The number of rotatable bonds is 3. The minimum atomic E-state index is -5.88. The molecule has 0 aromatic heterocycles. The number of carbonyl (C=O) groups excluding carboxylic acids is 2. The normalized spacial score (nSPS) is 34.1. The highest BCUT2D eigenvalue weighted by Gasteiger charge is 2.79. The number of alkyl halides is 5. The Morgan fingerprint density at radius 3 is 2.37 bits per heavy atom. The fourth-order valence-electron chi connectivity index (χ4n) is 8.62. The first-order valence-electron chi connectivity index (χ1n) is 14.5. The van der Waals surface area contributed by atoms with Gasteiger partial charge in [0.1, 0.15) is 5.60 Å². The number of benzene rings is 1. The van der Waals surface area contributed by atoms with Crippen molar-refractivity contribution in [2.45, 2.75) is 75.5 Å². The predicted molar refractivity (Wildman–Crippen MR) is 141 cm³/mol. The van der Waals surface area contributed by atoms with E-state index in [9.17, 15) is 27.9 Å². The molecule has 5 nitrogen and oxygen atoms in total. The molecule has 5 atom stereocenters. The molecule has 0 spiro atoms. The molecule has 3 fully saturated rings. The molecule has 1 amide bonds. The molecule has 2 N–H and O–H groups in total. The van der Waals surface area contributed by atoms with Crippen LogP contribution < -0.4 is 5.32 Å². The van der Waals surface area contributed by atoms with Crippen molar-refractivity contribution in [2.75, 3.05) is 26.2 Å². The van der Waals surface area contributed by atoms with Crippen molar-refractivity contribution in [3.05, 3.63) is 58.2 Å². The standard InChI is InChI=1S/C31H35F5N2O3/c1-28-17-24(18-2-4-19(5-3-18)27(40)38-14-12-37-13-15-38)26-22-9-7-21(39)16-20(22)6-8-23(26)25(28)10-11-29(28,41)30(32,33)31(34,35)36/h2-5,16,23-25,37,41H,6-15,17H2,1H3/t23-,24+,25-,28-,29-/m0/s1. The third-order valence-electron chi connectivity index (χ3n) is 10.7. The number of carbonyl (C=O) groups is 2. The lowest BCUT2D eigenvalue weighted by atomic mass is 9.50. The van der Waals surface area contributed by atoms with Crippen LogP contribution >= 0.6 is 0 Å². The van der Waals surface area contributed by atoms with E-state index in [1.165, 1.54) is 6.92 Å². The molecule has 6 rings (SSSR count). The van der Waals surface area contributed by atoms with Crippen LogP contribution in [0.1, 0.15) is 73.7 Å². The first-order valence-corrected chi connectivity index (χ1v) is 14.5. The summed E-state index contributed by atoms with van der Waals surface area (Å²) in [6.07, 6.45) is -2.94. The first kappa shape index (κ1) is 28.5. The highest BCUT2D eigenvalue weighted by atomic mass is 19.4. The van der Waals surface area contributed by atoms with E-state index in [4.69, 9.17) is 0 Å². The van der Waals surface area contributed by atoms with Crippen LogP contribution in [0.3, 0.4) is 0 Å². The summed E-state index contributed by atoms with van der Waals surface area (Å²) in [5, 5.41) is 14.6. The average Bonchev–Trinajstić information content (AvgIpc) is 3.23. The first-order chi connectivity index (χ1) is 19.3. The van der Waals surface area contributed by atoms with Crippen molar-refractivity contribution < 1.29 is 36.6 Å². The molecule has 10 heteroatoms. The number of hydrogen-bond donors (Lipinski definition) is 2. The molecule has 1 aromatic carbocycles. The summed E-state index contributed by atoms with van der Waals surface area (Å²) in [5.74, 6) is -6.69. The summed E-state index contributed by atoms with van der Waals surface area (Å²) < 4.78 is 71.5. The Hall–Kier alpha value is -2.59. The van der Waals surface area contributed by atoms with Gasteiger partial charge in [-0.3, -0.25) is 9.59 Å². The number of piperazine rings is 1. The molecule has 1 heterocycles. The van der Waals surface area contributed by atoms with E-state index in [1.807, 2.05) is 0 Å². The van der Waals surface area contributed by atoms with E-state index < -0.39 is 41.4 Å². The molecule has 1 aliphatic heterocycles. The van der Waals surface area contributed by atoms with E-state index >= 15 is 8.78 Å². The Balaban J connectivity index is 1.44. The number of halogens is 5. The van der Waals surface area contributed by atoms with Gasteiger partial charge in [0.05, 0.1) is 0 Å². The van der Waals surface area contributed by atoms with Crippen LogP contribution in [0.4, 0.5) is 22.0 Å². The predicted octanol–water partition coefficient (Wildman–Crippen LogP) is 5.56. The summed E-state index contributed by atoms with van der Waals surface area (Å²) >= 11 is 0. The van der Waals surface area contributed by atoms with Gasteiger partial charge in [0, 0.05) is 49.5 Å². The van der Waals surface area contributed by atoms with Crippen molar-refractivity contribution in [1.82, 2.24) is 10.2 Å². The molecule has 4 aliphatic carbocycles. The van der Waals surface area contributed by atoms with E-state index in [0.29, 0.717) is 57.4 Å². The van der Waals surface area contributed by atoms with E-state index in [2.05, 4.69) is 5.32 Å². The zero-order valence-corrected chi connectivity index (χ0v) is 23.0. The molecule has 222 valence electrons. The van der Waals surface area contributed by atoms with E-state index in [0.717, 1.165) is 22.3 Å². The van der Waals surface area contributed by atoms with Gasteiger partial charge in [-0.25, -0.2) is 0 Å². The van der Waals surface area contributed by atoms with Gasteiger partial charge < -0.3 is 15.3 Å². The van der Waals surface area contributed by atoms with Crippen LogP contribution in [0.2, 0.25) is 0 Å². The maximum absolute atomic E-state index is 15.1. The zero-order valence-electron chi connectivity index (χ0n) is 23.0. The van der Waals surface area contributed by atoms with Gasteiger partial charge in [0.15, 0.2) is 5.78 Å². The van der Waals surface area contributed by atoms with Gasteiger partial charge in [-0.05, 0) is 85.3 Å². The molecule has 41 heavy (non-hydrogen) atoms. The summed E-state index contributed by atoms with van der Waals surface area (Å²) in [6, 6.07) is 6.94. The highest BCUT2D eigenvalue weighted by Crippen LogP contribution is 2.70. The minimum absolute atomic E-state index is 0.0378. The Bertz CT molecular complexity index is 1310. The number of nitrogens with zero attached hydrogens (tertiary/aromatic N) is 1. The van der Waals surface area contributed by atoms with Gasteiger partial charge in [-0.1, -0.05) is 24.6 Å². The monoisotopic (exact) mass is 578 g/mol. The lowest BCUT2D eigenvalue weighted by Crippen LogP contribution is -2.65. The lowest BCUT2D eigenvalue weighted by Gasteiger charge is -2.56. The van der Waals surface area contributed by atoms with Crippen molar-refractivity contribution >= 4 is 11.7 Å². The second-order valence-corrected chi connectivity index (χ2v) is 12.6. The largest absolute Gasteiger partial charge is 0.456 e. The Morgan fingerprint density at radius 2 is 1.71 bits per heavy atom. The summed E-state index contributed by atoms with van der Waals surface area (Å²) in [5.41, 5.74) is -0.777. The smallest absolute Gasteiger partial charge is 0.383 e. The summed E-state index contributed by atoms with van der Waals surface area (Å²) in [4.78, 5) is 27.0. The highest BCUT2D eigenvalue weighted by molar-refractivity contribution is 5.94. The van der Waals surface area contributed by atoms with Crippen molar-refractivity contribution in [3.63, 3.8) is 0 Å². The van der Waals surface area contributed by atoms with E-state index in [-0.39, 0.29) is 30.4 Å². The van der Waals surface area contributed by atoms with Gasteiger partial charge >= 0.3 is 12.1 Å². The maximum Gasteiger partial charge on any atom is 0.456 e. The maximum atomic E-state index is 15.1. The second kappa shape index (κ2) is 9.73. The molecule has 0 bridgehead atoms. The van der Waals surface area contributed by atoms with Crippen LogP contribution in [0.25, 0.3) is 0 Å². The lowest BCUT2D eigenvalue weighted by molar-refractivity contribution is -0.362. The molecular formula is C31H35F5N2O3. The Kier molecular flexibility index (Phi) is 6.77. The van der Waals surface area contributed by atoms with Gasteiger partial charge in [0.2, 0.25) is 0 Å². The van der Waals surface area contributed by atoms with Crippen LogP contribution in [0.15, 0.2) is 47.1 Å². The van der Waals surface area contributed by atoms with Crippen molar-refractivity contribution in [2.24, 2.45) is 17.3 Å². The van der Waals surface area contributed by atoms with Gasteiger partial charge in [0.25, 0.3) is 5.91 Å². The third-order valence-corrected chi connectivity index (χ3v) is 10.7. The van der Waals surface area contributed by atoms with Crippen LogP contribution in [-0.2, 0) is 4.79 Å².